The van der Waals surface area contributed by atoms with E-state index < -0.39 is 6.04 Å². The second-order valence-corrected chi connectivity index (χ2v) is 5.14. The Morgan fingerprint density at radius 3 is 2.64 bits per heavy atom. The molecule has 0 aliphatic carbocycles. The highest BCUT2D eigenvalue weighted by Gasteiger charge is 2.18. The van der Waals surface area contributed by atoms with Crippen LogP contribution in [0.15, 0.2) is 24.3 Å². The number of esters is 1. The Bertz CT molecular complexity index is 494. The molecule has 124 valence electrons. The summed E-state index contributed by atoms with van der Waals surface area (Å²) >= 11 is 0. The molecule has 22 heavy (non-hydrogen) atoms. The number of amides is 1. The van der Waals surface area contributed by atoms with Crippen molar-refractivity contribution >= 4 is 24.3 Å². The van der Waals surface area contributed by atoms with Crippen LogP contribution >= 0.6 is 12.4 Å². The zero-order valence-electron chi connectivity index (χ0n) is 13.3. The molecule has 6 heteroatoms. The molecule has 1 rings (SSSR count). The van der Waals surface area contributed by atoms with Crippen molar-refractivity contribution in [2.24, 2.45) is 11.7 Å². The number of carbonyl (C=O) groups is 2. The monoisotopic (exact) mass is 328 g/mol. The Balaban J connectivity index is 0.00000441. The lowest BCUT2D eigenvalue weighted by atomic mass is 9.99. The number of rotatable bonds is 7. The van der Waals surface area contributed by atoms with E-state index in [4.69, 9.17) is 5.73 Å². The predicted molar refractivity (Wildman–Crippen MR) is 89.2 cm³/mol. The quantitative estimate of drug-likeness (QED) is 0.749. The van der Waals surface area contributed by atoms with Gasteiger partial charge < -0.3 is 15.8 Å². The number of hydrogen-bond donors (Lipinski definition) is 2. The van der Waals surface area contributed by atoms with Crippen LogP contribution in [0.3, 0.4) is 0 Å². The summed E-state index contributed by atoms with van der Waals surface area (Å²) in [5.41, 5.74) is 7.34. The molecule has 5 nitrogen and oxygen atoms in total. The van der Waals surface area contributed by atoms with Gasteiger partial charge in [-0.2, -0.15) is 0 Å². The Kier molecular flexibility index (Phi) is 9.45. The van der Waals surface area contributed by atoms with Gasteiger partial charge in [0.1, 0.15) is 0 Å². The van der Waals surface area contributed by atoms with E-state index in [9.17, 15) is 9.59 Å². The molecule has 0 saturated carbocycles. The first-order valence-corrected chi connectivity index (χ1v) is 7.20. The Hall–Kier alpha value is -1.59. The lowest BCUT2D eigenvalue weighted by molar-refractivity contribution is -0.123. The number of hydrogen-bond acceptors (Lipinski definition) is 4. The molecule has 2 unspecified atom stereocenters. The Morgan fingerprint density at radius 2 is 2.05 bits per heavy atom. The summed E-state index contributed by atoms with van der Waals surface area (Å²) in [6.45, 7) is 4.47. The van der Waals surface area contributed by atoms with E-state index in [1.165, 1.54) is 7.11 Å². The second kappa shape index (κ2) is 10.2. The Labute approximate surface area is 138 Å². The lowest BCUT2D eigenvalue weighted by Crippen LogP contribution is -2.45. The number of methoxy groups -OCH3 is 1. The van der Waals surface area contributed by atoms with Crippen molar-refractivity contribution in [3.63, 3.8) is 0 Å². The molecule has 2 atom stereocenters. The van der Waals surface area contributed by atoms with E-state index in [2.05, 4.69) is 10.1 Å². The van der Waals surface area contributed by atoms with Gasteiger partial charge in [-0.15, -0.1) is 12.4 Å². The topological polar surface area (TPSA) is 81.4 Å². The summed E-state index contributed by atoms with van der Waals surface area (Å²) in [4.78, 5) is 23.3. The largest absolute Gasteiger partial charge is 0.465 e. The van der Waals surface area contributed by atoms with Crippen LogP contribution < -0.4 is 11.1 Å². The van der Waals surface area contributed by atoms with Gasteiger partial charge in [0.2, 0.25) is 5.91 Å². The molecule has 0 heterocycles. The van der Waals surface area contributed by atoms with Gasteiger partial charge in [-0.3, -0.25) is 4.79 Å². The Morgan fingerprint density at radius 1 is 1.36 bits per heavy atom. The molecule has 0 aromatic heterocycles. The van der Waals surface area contributed by atoms with Gasteiger partial charge in [0.05, 0.1) is 18.7 Å². The minimum absolute atomic E-state index is 0. The van der Waals surface area contributed by atoms with Gasteiger partial charge in [-0.25, -0.2) is 4.79 Å². The molecule has 0 spiro atoms. The van der Waals surface area contributed by atoms with Crippen LogP contribution in [0.4, 0.5) is 0 Å². The van der Waals surface area contributed by atoms with Crippen molar-refractivity contribution in [1.29, 1.82) is 0 Å². The van der Waals surface area contributed by atoms with Gasteiger partial charge in [-0.1, -0.05) is 32.4 Å². The van der Waals surface area contributed by atoms with Crippen LogP contribution in [0.5, 0.6) is 0 Å². The highest BCUT2D eigenvalue weighted by molar-refractivity contribution is 5.89. The normalized spacial score (nSPS) is 12.7. The number of ether oxygens (including phenoxy) is 1. The molecule has 0 aliphatic heterocycles. The fraction of sp³-hybridized carbons (Fsp3) is 0.500. The first kappa shape index (κ1) is 20.4. The maximum absolute atomic E-state index is 11.8. The molecular formula is C16H25ClN2O3. The van der Waals surface area contributed by atoms with Crippen LogP contribution in [0.1, 0.15) is 36.2 Å². The SMILES string of the molecule is CCC(C)C(N)C(=O)NCCc1cccc(C(=O)OC)c1.Cl. The molecule has 0 fully saturated rings. The van der Waals surface area contributed by atoms with Crippen LogP contribution in [-0.2, 0) is 16.0 Å². The molecule has 1 aromatic carbocycles. The fourth-order valence-electron chi connectivity index (χ4n) is 1.93. The fourth-order valence-corrected chi connectivity index (χ4v) is 1.93. The molecule has 1 amide bonds. The van der Waals surface area contributed by atoms with E-state index in [1.54, 1.807) is 18.2 Å². The van der Waals surface area contributed by atoms with Crippen LogP contribution in [-0.4, -0.2) is 31.6 Å². The molecule has 0 aliphatic rings. The zero-order valence-corrected chi connectivity index (χ0v) is 14.1. The molecular weight excluding hydrogens is 304 g/mol. The van der Waals surface area contributed by atoms with Crippen molar-refractivity contribution in [2.75, 3.05) is 13.7 Å². The van der Waals surface area contributed by atoms with Gasteiger partial charge in [0, 0.05) is 6.54 Å². The summed E-state index contributed by atoms with van der Waals surface area (Å²) in [5, 5.41) is 2.83. The molecule has 1 aromatic rings. The van der Waals surface area contributed by atoms with Crippen molar-refractivity contribution < 1.29 is 14.3 Å². The number of nitrogens with two attached hydrogens (primary N) is 1. The maximum Gasteiger partial charge on any atom is 0.337 e. The third-order valence-corrected chi connectivity index (χ3v) is 3.62. The number of nitrogens with one attached hydrogen (secondary N) is 1. The second-order valence-electron chi connectivity index (χ2n) is 5.14. The minimum Gasteiger partial charge on any atom is -0.465 e. The summed E-state index contributed by atoms with van der Waals surface area (Å²) in [6.07, 6.45) is 1.51. The van der Waals surface area contributed by atoms with Crippen molar-refractivity contribution in [1.82, 2.24) is 5.32 Å². The predicted octanol–water partition coefficient (Wildman–Crippen LogP) is 1.93. The number of benzene rings is 1. The van der Waals surface area contributed by atoms with E-state index >= 15 is 0 Å². The van der Waals surface area contributed by atoms with Crippen LogP contribution in [0.25, 0.3) is 0 Å². The van der Waals surface area contributed by atoms with E-state index in [-0.39, 0.29) is 30.2 Å². The minimum atomic E-state index is -0.476. The van der Waals surface area contributed by atoms with Crippen molar-refractivity contribution in [2.45, 2.75) is 32.7 Å². The first-order valence-electron chi connectivity index (χ1n) is 7.20. The molecule has 0 radical (unpaired) electrons. The van der Waals surface area contributed by atoms with Gasteiger partial charge >= 0.3 is 5.97 Å². The van der Waals surface area contributed by atoms with Crippen molar-refractivity contribution in [3.05, 3.63) is 35.4 Å². The summed E-state index contributed by atoms with van der Waals surface area (Å²) < 4.78 is 4.68. The smallest absolute Gasteiger partial charge is 0.337 e. The average Bonchev–Trinajstić information content (AvgIpc) is 2.52. The highest BCUT2D eigenvalue weighted by atomic mass is 35.5. The first-order chi connectivity index (χ1) is 9.99. The standard InChI is InChI=1S/C16H24N2O3.ClH/c1-4-11(2)14(17)15(19)18-9-8-12-6-5-7-13(10-12)16(20)21-3;/h5-7,10-11,14H,4,8-9,17H2,1-3H3,(H,18,19);1H. The van der Waals surface area contributed by atoms with Crippen molar-refractivity contribution in [3.8, 4) is 0 Å². The summed E-state index contributed by atoms with van der Waals surface area (Å²) in [6, 6.07) is 6.71. The van der Waals surface area contributed by atoms with E-state index in [0.29, 0.717) is 18.5 Å². The molecule has 3 N–H and O–H groups in total. The van der Waals surface area contributed by atoms with Gasteiger partial charge in [0.15, 0.2) is 0 Å². The summed E-state index contributed by atoms with van der Waals surface area (Å²) in [5.74, 6) is -0.333. The zero-order chi connectivity index (χ0) is 15.8. The van der Waals surface area contributed by atoms with Crippen LogP contribution in [0, 0.1) is 5.92 Å². The highest BCUT2D eigenvalue weighted by Crippen LogP contribution is 2.08. The van der Waals surface area contributed by atoms with E-state index in [0.717, 1.165) is 12.0 Å². The molecule has 0 saturated heterocycles. The molecule has 0 bridgehead atoms. The van der Waals surface area contributed by atoms with Gasteiger partial charge in [0.25, 0.3) is 0 Å². The van der Waals surface area contributed by atoms with E-state index in [1.807, 2.05) is 19.9 Å². The average molecular weight is 329 g/mol. The van der Waals surface area contributed by atoms with Gasteiger partial charge in [-0.05, 0) is 30.0 Å². The third kappa shape index (κ3) is 6.03. The third-order valence-electron chi connectivity index (χ3n) is 3.62. The lowest BCUT2D eigenvalue weighted by Gasteiger charge is -2.17. The number of carbonyl (C=O) groups excluding carboxylic acids is 2. The number of halogens is 1. The van der Waals surface area contributed by atoms with Crippen LogP contribution in [0.2, 0.25) is 0 Å². The maximum atomic E-state index is 11.8. The summed E-state index contributed by atoms with van der Waals surface area (Å²) in [7, 11) is 1.35.